The smallest absolute Gasteiger partial charge is 0.407 e. The molecule has 2 fully saturated rings. The minimum Gasteiger partial charge on any atom is -0.407 e. The Hall–Kier alpha value is -4.48. The van der Waals surface area contributed by atoms with E-state index in [-0.39, 0.29) is 57.6 Å². The fraction of sp³-hybridized carbons (Fsp3) is 0.370. The van der Waals surface area contributed by atoms with Crippen molar-refractivity contribution >= 4 is 29.3 Å². The van der Waals surface area contributed by atoms with E-state index >= 15 is 4.39 Å². The number of benzene rings is 1. The molecule has 0 unspecified atom stereocenters. The molecule has 2 aromatic heterocycles. The number of hydrogen-bond acceptors (Lipinski definition) is 10. The fourth-order valence-corrected chi connectivity index (χ4v) is 5.22. The van der Waals surface area contributed by atoms with E-state index < -0.39 is 17.7 Å². The molecule has 2 saturated carbocycles. The maximum absolute atomic E-state index is 15.2. The third-order valence-corrected chi connectivity index (χ3v) is 7.35. The molecule has 2 aliphatic carbocycles. The van der Waals surface area contributed by atoms with Crippen molar-refractivity contribution < 1.29 is 23.5 Å². The third-order valence-electron chi connectivity index (χ3n) is 7.35. The van der Waals surface area contributed by atoms with Gasteiger partial charge in [-0.25, -0.2) is 29.1 Å². The van der Waals surface area contributed by atoms with Crippen molar-refractivity contribution in [2.75, 3.05) is 11.5 Å². The number of nitrogens with zero attached hydrogens (tertiary/aromatic N) is 4. The predicted molar refractivity (Wildman–Crippen MR) is 140 cm³/mol. The SMILES string of the molecule is NC(=O)Oc1cc(-c2nc(C3CCC(=O)CC3)cnc2N)c(-c2nc(C3CCC(=O)CC3)cnc2N)cc1F. The normalized spacial score (nSPS) is 16.8. The van der Waals surface area contributed by atoms with E-state index in [0.717, 1.165) is 6.07 Å². The van der Waals surface area contributed by atoms with Crippen molar-refractivity contribution in [3.8, 4) is 28.3 Å². The summed E-state index contributed by atoms with van der Waals surface area (Å²) in [6, 6.07) is 2.38. The number of primary amides is 1. The molecule has 11 nitrogen and oxygen atoms in total. The van der Waals surface area contributed by atoms with Gasteiger partial charge in [0.25, 0.3) is 0 Å². The van der Waals surface area contributed by atoms with Gasteiger partial charge in [-0.05, 0) is 37.8 Å². The van der Waals surface area contributed by atoms with Crippen LogP contribution in [0, 0.1) is 5.82 Å². The first-order valence-corrected chi connectivity index (χ1v) is 12.8. The van der Waals surface area contributed by atoms with Gasteiger partial charge in [-0.3, -0.25) is 9.59 Å². The summed E-state index contributed by atoms with van der Waals surface area (Å²) in [4.78, 5) is 53.1. The van der Waals surface area contributed by atoms with Crippen LogP contribution in [0.3, 0.4) is 0 Å². The summed E-state index contributed by atoms with van der Waals surface area (Å²) in [5.41, 5.74) is 19.8. The van der Waals surface area contributed by atoms with Crippen molar-refractivity contribution in [3.63, 3.8) is 0 Å². The summed E-state index contributed by atoms with van der Waals surface area (Å²) >= 11 is 0. The second kappa shape index (κ2) is 10.7. The van der Waals surface area contributed by atoms with Crippen molar-refractivity contribution in [2.45, 2.75) is 63.2 Å². The molecular formula is C27H28FN7O4. The van der Waals surface area contributed by atoms with Gasteiger partial charge < -0.3 is 21.9 Å². The van der Waals surface area contributed by atoms with E-state index in [0.29, 0.717) is 62.8 Å². The Morgan fingerprint density at radius 1 is 0.795 bits per heavy atom. The number of aromatic nitrogens is 4. The zero-order chi connectivity index (χ0) is 27.7. The van der Waals surface area contributed by atoms with Crippen LogP contribution in [-0.2, 0) is 9.59 Å². The molecule has 3 aromatic rings. The Labute approximate surface area is 223 Å². The lowest BCUT2D eigenvalue weighted by Crippen LogP contribution is -2.17. The Balaban J connectivity index is 1.64. The minimum atomic E-state index is -1.19. The van der Waals surface area contributed by atoms with Crippen LogP contribution < -0.4 is 21.9 Å². The van der Waals surface area contributed by atoms with Crippen LogP contribution in [0.5, 0.6) is 5.75 Å². The first kappa shape index (κ1) is 26.1. The largest absolute Gasteiger partial charge is 0.410 e. The number of ketones is 2. The van der Waals surface area contributed by atoms with Crippen molar-refractivity contribution in [1.82, 2.24) is 19.9 Å². The Bertz CT molecular complexity index is 1460. The quantitative estimate of drug-likeness (QED) is 0.434. The summed E-state index contributed by atoms with van der Waals surface area (Å²) in [5, 5.41) is 0. The first-order valence-electron chi connectivity index (χ1n) is 12.8. The summed E-state index contributed by atoms with van der Waals surface area (Å²) in [6.45, 7) is 0. The fourth-order valence-electron chi connectivity index (χ4n) is 5.22. The van der Waals surface area contributed by atoms with Crippen molar-refractivity contribution in [1.29, 1.82) is 0 Å². The lowest BCUT2D eigenvalue weighted by molar-refractivity contribution is -0.121. The highest BCUT2D eigenvalue weighted by Gasteiger charge is 2.27. The zero-order valence-electron chi connectivity index (χ0n) is 21.2. The van der Waals surface area contributed by atoms with Crippen LogP contribution in [-0.4, -0.2) is 37.6 Å². The number of nitrogens with two attached hydrogens (primary N) is 3. The monoisotopic (exact) mass is 533 g/mol. The van der Waals surface area contributed by atoms with Gasteiger partial charge in [-0.15, -0.1) is 0 Å². The number of nitrogen functional groups attached to an aromatic ring is 2. The van der Waals surface area contributed by atoms with E-state index in [2.05, 4.69) is 9.97 Å². The Kier molecular flexibility index (Phi) is 7.18. The number of carbonyl (C=O) groups excluding carboxylic acids is 3. The zero-order valence-corrected chi connectivity index (χ0v) is 21.2. The molecule has 0 saturated heterocycles. The van der Waals surface area contributed by atoms with Gasteiger partial charge in [0.2, 0.25) is 0 Å². The standard InChI is InChI=1S/C27H28FN7O4/c28-19-9-17(23-25(29)32-11-20(34-23)13-1-5-15(36)6-2-13)18(10-22(19)39-27(31)38)24-26(30)33-12-21(35-24)14-3-7-16(37)8-4-14/h9-14H,1-8H2,(H2,29,32)(H2,30,33)(H2,31,38). The lowest BCUT2D eigenvalue weighted by atomic mass is 9.86. The molecule has 202 valence electrons. The molecule has 2 aliphatic rings. The second-order valence-corrected chi connectivity index (χ2v) is 9.93. The highest BCUT2D eigenvalue weighted by atomic mass is 19.1. The second-order valence-electron chi connectivity index (χ2n) is 9.93. The van der Waals surface area contributed by atoms with Crippen molar-refractivity contribution in [3.05, 3.63) is 41.7 Å². The molecule has 0 atom stereocenters. The molecule has 12 heteroatoms. The van der Waals surface area contributed by atoms with E-state index in [4.69, 9.17) is 31.9 Å². The number of anilines is 2. The molecule has 1 aromatic carbocycles. The lowest BCUT2D eigenvalue weighted by Gasteiger charge is -2.22. The molecular weight excluding hydrogens is 505 g/mol. The van der Waals surface area contributed by atoms with Crippen LogP contribution in [0.2, 0.25) is 0 Å². The summed E-state index contributed by atoms with van der Waals surface area (Å²) in [6.07, 6.45) is 6.30. The van der Waals surface area contributed by atoms with Crippen molar-refractivity contribution in [2.24, 2.45) is 5.73 Å². The highest BCUT2D eigenvalue weighted by molar-refractivity contribution is 5.89. The van der Waals surface area contributed by atoms with Gasteiger partial charge >= 0.3 is 6.09 Å². The Morgan fingerprint density at radius 2 is 1.23 bits per heavy atom. The van der Waals surface area contributed by atoms with Gasteiger partial charge in [0.15, 0.2) is 11.6 Å². The average molecular weight is 534 g/mol. The molecule has 0 radical (unpaired) electrons. The maximum atomic E-state index is 15.2. The molecule has 2 heterocycles. The Morgan fingerprint density at radius 3 is 1.67 bits per heavy atom. The number of carbonyl (C=O) groups is 3. The molecule has 0 spiro atoms. The van der Waals surface area contributed by atoms with Gasteiger partial charge in [0, 0.05) is 48.6 Å². The first-order chi connectivity index (χ1) is 18.7. The van der Waals surface area contributed by atoms with E-state index in [1.807, 2.05) is 0 Å². The van der Waals surface area contributed by atoms with E-state index in [1.54, 1.807) is 12.4 Å². The number of hydrogen-bond donors (Lipinski definition) is 3. The molecule has 0 bridgehead atoms. The van der Waals surface area contributed by atoms with Gasteiger partial charge in [0.05, 0.1) is 23.8 Å². The number of rotatable bonds is 5. The number of ether oxygens (including phenoxy) is 1. The highest BCUT2D eigenvalue weighted by Crippen LogP contribution is 2.41. The summed E-state index contributed by atoms with van der Waals surface area (Å²) in [5.74, 6) is -0.786. The molecule has 6 N–H and O–H groups in total. The van der Waals surface area contributed by atoms with Gasteiger partial charge in [0.1, 0.15) is 34.6 Å². The van der Waals surface area contributed by atoms with Crippen LogP contribution in [0.4, 0.5) is 20.8 Å². The van der Waals surface area contributed by atoms with Gasteiger partial charge in [-0.2, -0.15) is 0 Å². The minimum absolute atomic E-state index is 0.00184. The molecule has 1 amide bonds. The third kappa shape index (κ3) is 5.54. The maximum Gasteiger partial charge on any atom is 0.410 e. The van der Waals surface area contributed by atoms with Gasteiger partial charge in [-0.1, -0.05) is 0 Å². The summed E-state index contributed by atoms with van der Waals surface area (Å²) < 4.78 is 20.1. The van der Waals surface area contributed by atoms with E-state index in [9.17, 15) is 14.4 Å². The van der Waals surface area contributed by atoms with Crippen LogP contribution in [0.15, 0.2) is 24.5 Å². The van der Waals surface area contributed by atoms with Crippen LogP contribution in [0.1, 0.15) is 74.6 Å². The van der Waals surface area contributed by atoms with Crippen LogP contribution >= 0.6 is 0 Å². The number of Topliss-reactive ketones (excluding diaryl/α,β-unsaturated/α-hetero) is 2. The predicted octanol–water partition coefficient (Wildman–Crippen LogP) is 3.82. The number of amides is 1. The van der Waals surface area contributed by atoms with E-state index in [1.165, 1.54) is 6.07 Å². The topological polar surface area (TPSA) is 190 Å². The summed E-state index contributed by atoms with van der Waals surface area (Å²) in [7, 11) is 0. The average Bonchev–Trinajstić information content (AvgIpc) is 2.91. The van der Waals surface area contributed by atoms with Crippen LogP contribution in [0.25, 0.3) is 22.5 Å². The molecule has 39 heavy (non-hydrogen) atoms. The molecule has 5 rings (SSSR count). The number of halogens is 1. The molecule has 0 aliphatic heterocycles.